The highest BCUT2D eigenvalue weighted by molar-refractivity contribution is 5.75. The zero-order valence-corrected chi connectivity index (χ0v) is 19.6. The highest BCUT2D eigenvalue weighted by Gasteiger charge is 2.32. The van der Waals surface area contributed by atoms with Gasteiger partial charge in [0.1, 0.15) is 0 Å². The molecule has 0 unspecified atom stereocenters. The van der Waals surface area contributed by atoms with Crippen molar-refractivity contribution in [1.29, 1.82) is 0 Å². The number of amides is 1. The van der Waals surface area contributed by atoms with Crippen molar-refractivity contribution in [2.45, 2.75) is 51.5 Å². The number of benzene rings is 3. The molecule has 0 aliphatic carbocycles. The lowest BCUT2D eigenvalue weighted by Crippen LogP contribution is -2.32. The van der Waals surface area contributed by atoms with Crippen LogP contribution < -0.4 is 5.32 Å². The first-order chi connectivity index (χ1) is 17.1. The van der Waals surface area contributed by atoms with Gasteiger partial charge in [-0.25, -0.2) is 4.98 Å². The molecule has 1 amide bonds. The molecule has 180 valence electrons. The van der Waals surface area contributed by atoms with E-state index in [-0.39, 0.29) is 24.7 Å². The van der Waals surface area contributed by atoms with Crippen LogP contribution >= 0.6 is 0 Å². The maximum absolute atomic E-state index is 11.2. The lowest BCUT2D eigenvalue weighted by Gasteiger charge is -2.36. The minimum absolute atomic E-state index is 0.0126. The number of hydrogen-bond donors (Lipinski definition) is 2. The van der Waals surface area contributed by atoms with E-state index in [1.165, 1.54) is 6.92 Å². The van der Waals surface area contributed by atoms with E-state index >= 15 is 0 Å². The molecule has 0 radical (unpaired) electrons. The zero-order valence-electron chi connectivity index (χ0n) is 19.6. The zero-order chi connectivity index (χ0) is 24.2. The Kier molecular flexibility index (Phi) is 6.90. The maximum Gasteiger partial charge on any atom is 0.217 e. The Morgan fingerprint density at radius 1 is 1.00 bits per heavy atom. The molecule has 3 atom stereocenters. The van der Waals surface area contributed by atoms with Crippen molar-refractivity contribution < 1.29 is 19.4 Å². The van der Waals surface area contributed by atoms with Gasteiger partial charge in [-0.1, -0.05) is 60.7 Å². The van der Waals surface area contributed by atoms with Crippen molar-refractivity contribution in [3.63, 3.8) is 0 Å². The summed E-state index contributed by atoms with van der Waals surface area (Å²) in [5, 5.41) is 12.2. The fourth-order valence-corrected chi connectivity index (χ4v) is 4.43. The topological polar surface area (TPSA) is 85.6 Å². The van der Waals surface area contributed by atoms with Crippen LogP contribution in [0, 0.1) is 0 Å². The van der Waals surface area contributed by atoms with Crippen LogP contribution in [-0.4, -0.2) is 26.7 Å². The van der Waals surface area contributed by atoms with Gasteiger partial charge >= 0.3 is 0 Å². The van der Waals surface area contributed by atoms with E-state index in [0.29, 0.717) is 19.5 Å². The van der Waals surface area contributed by atoms with Gasteiger partial charge in [-0.2, -0.15) is 0 Å². The number of nitrogens with zero attached hydrogens (tertiary/aromatic N) is 2. The standard InChI is InChI=1S/C28H29N3O4/c1-19(33)29-15-20-6-12-23(13-7-20)28-34-24(16-31-18-30-25-4-2-3-5-26(25)31)14-27(35-28)22-10-8-21(17-32)9-11-22/h2-13,18,24,27-28,32H,14-17H2,1H3,(H,29,33)/t24-,27+,28+/m1/s1. The average Bonchev–Trinajstić information content (AvgIpc) is 3.30. The van der Waals surface area contributed by atoms with Gasteiger partial charge in [0.2, 0.25) is 5.91 Å². The number of fused-ring (bicyclic) bond motifs is 1. The van der Waals surface area contributed by atoms with Crippen molar-refractivity contribution >= 4 is 16.9 Å². The number of para-hydroxylation sites is 2. The lowest BCUT2D eigenvalue weighted by atomic mass is 9.99. The lowest BCUT2D eigenvalue weighted by molar-refractivity contribution is -0.252. The fraction of sp³-hybridized carbons (Fsp3) is 0.286. The predicted molar refractivity (Wildman–Crippen MR) is 132 cm³/mol. The summed E-state index contributed by atoms with van der Waals surface area (Å²) in [7, 11) is 0. The van der Waals surface area contributed by atoms with Gasteiger partial charge in [-0.15, -0.1) is 0 Å². The van der Waals surface area contributed by atoms with Crippen LogP contribution in [-0.2, 0) is 34.0 Å². The summed E-state index contributed by atoms with van der Waals surface area (Å²) in [5.74, 6) is -0.0575. The predicted octanol–water partition coefficient (Wildman–Crippen LogP) is 4.41. The van der Waals surface area contributed by atoms with Gasteiger partial charge in [0.05, 0.1) is 42.7 Å². The number of carbonyl (C=O) groups is 1. The van der Waals surface area contributed by atoms with E-state index in [1.54, 1.807) is 0 Å². The fourth-order valence-electron chi connectivity index (χ4n) is 4.43. The number of carbonyl (C=O) groups excluding carboxylic acids is 1. The summed E-state index contributed by atoms with van der Waals surface area (Å²) in [6.07, 6.45) is 1.79. The van der Waals surface area contributed by atoms with Crippen LogP contribution in [0.1, 0.15) is 48.0 Å². The molecular formula is C28H29N3O4. The molecule has 2 N–H and O–H groups in total. The second-order valence-corrected chi connectivity index (χ2v) is 8.89. The molecule has 0 bridgehead atoms. The highest BCUT2D eigenvalue weighted by atomic mass is 16.7. The first-order valence-corrected chi connectivity index (χ1v) is 11.8. The minimum Gasteiger partial charge on any atom is -0.392 e. The van der Waals surface area contributed by atoms with Crippen LogP contribution in [0.4, 0.5) is 0 Å². The summed E-state index contributed by atoms with van der Waals surface area (Å²) in [5.41, 5.74) is 5.89. The summed E-state index contributed by atoms with van der Waals surface area (Å²) in [6, 6.07) is 23.9. The van der Waals surface area contributed by atoms with Gasteiger partial charge in [0.15, 0.2) is 6.29 Å². The molecule has 1 fully saturated rings. The van der Waals surface area contributed by atoms with E-state index in [9.17, 15) is 9.90 Å². The normalized spacial score (nSPS) is 20.1. The van der Waals surface area contributed by atoms with E-state index < -0.39 is 6.29 Å². The van der Waals surface area contributed by atoms with Gasteiger partial charge in [0.25, 0.3) is 0 Å². The van der Waals surface area contributed by atoms with Gasteiger partial charge in [-0.3, -0.25) is 4.79 Å². The average molecular weight is 472 g/mol. The Hall–Kier alpha value is -3.52. The van der Waals surface area contributed by atoms with Gasteiger partial charge < -0.3 is 24.5 Å². The Morgan fingerprint density at radius 3 is 2.46 bits per heavy atom. The molecule has 1 saturated heterocycles. The third kappa shape index (κ3) is 5.43. The smallest absolute Gasteiger partial charge is 0.217 e. The first-order valence-electron chi connectivity index (χ1n) is 11.8. The Bertz CT molecular complexity index is 1280. The molecule has 7 nitrogen and oxygen atoms in total. The Balaban J connectivity index is 1.39. The van der Waals surface area contributed by atoms with Crippen LogP contribution in [0.25, 0.3) is 11.0 Å². The molecule has 4 aromatic rings. The van der Waals surface area contributed by atoms with Crippen molar-refractivity contribution in [1.82, 2.24) is 14.9 Å². The van der Waals surface area contributed by atoms with Crippen molar-refractivity contribution in [2.24, 2.45) is 0 Å². The molecule has 5 rings (SSSR count). The maximum atomic E-state index is 11.2. The second kappa shape index (κ2) is 10.4. The van der Waals surface area contributed by atoms with Crippen LogP contribution in [0.5, 0.6) is 0 Å². The number of aromatic nitrogens is 2. The molecule has 1 aliphatic rings. The molecule has 0 spiro atoms. The number of aliphatic hydroxyl groups excluding tert-OH is 1. The third-order valence-electron chi connectivity index (χ3n) is 6.34. The summed E-state index contributed by atoms with van der Waals surface area (Å²) >= 11 is 0. The Labute approximate surface area is 204 Å². The van der Waals surface area contributed by atoms with E-state index in [1.807, 2.05) is 73.1 Å². The highest BCUT2D eigenvalue weighted by Crippen LogP contribution is 2.38. The van der Waals surface area contributed by atoms with Crippen LogP contribution in [0.3, 0.4) is 0 Å². The summed E-state index contributed by atoms with van der Waals surface area (Å²) in [6.45, 7) is 2.66. The number of ether oxygens (including phenoxy) is 2. The summed E-state index contributed by atoms with van der Waals surface area (Å²) < 4.78 is 15.0. The number of aliphatic hydroxyl groups is 1. The van der Waals surface area contributed by atoms with E-state index in [4.69, 9.17) is 9.47 Å². The molecular weight excluding hydrogens is 442 g/mol. The number of nitrogens with one attached hydrogen (secondary N) is 1. The Morgan fingerprint density at radius 2 is 1.71 bits per heavy atom. The third-order valence-corrected chi connectivity index (χ3v) is 6.34. The molecule has 1 aliphatic heterocycles. The second-order valence-electron chi connectivity index (χ2n) is 8.89. The first kappa shape index (κ1) is 23.2. The van der Waals surface area contributed by atoms with Crippen LogP contribution in [0.2, 0.25) is 0 Å². The number of imidazole rings is 1. The molecule has 35 heavy (non-hydrogen) atoms. The molecule has 3 aromatic carbocycles. The minimum atomic E-state index is -0.527. The monoisotopic (exact) mass is 471 g/mol. The van der Waals surface area contributed by atoms with Crippen molar-refractivity contribution in [3.05, 3.63) is 101 Å². The molecule has 0 saturated carbocycles. The van der Waals surface area contributed by atoms with Gasteiger partial charge in [0, 0.05) is 25.5 Å². The summed E-state index contributed by atoms with van der Waals surface area (Å²) in [4.78, 5) is 15.7. The molecule has 1 aromatic heterocycles. The molecule has 7 heteroatoms. The molecule has 2 heterocycles. The largest absolute Gasteiger partial charge is 0.392 e. The van der Waals surface area contributed by atoms with Crippen molar-refractivity contribution in [2.75, 3.05) is 0 Å². The van der Waals surface area contributed by atoms with Crippen LogP contribution in [0.15, 0.2) is 79.1 Å². The number of hydrogen-bond acceptors (Lipinski definition) is 5. The van der Waals surface area contributed by atoms with Gasteiger partial charge in [-0.05, 0) is 28.8 Å². The van der Waals surface area contributed by atoms with E-state index in [2.05, 4.69) is 20.9 Å². The quantitative estimate of drug-likeness (QED) is 0.417. The SMILES string of the molecule is CC(=O)NCc1ccc([C@H]2O[C@@H](Cn3cnc4ccccc43)C[C@@H](c3ccc(CO)cc3)O2)cc1. The number of rotatable bonds is 7. The van der Waals surface area contributed by atoms with Crippen molar-refractivity contribution in [3.8, 4) is 0 Å². The van der Waals surface area contributed by atoms with E-state index in [0.717, 1.165) is 33.3 Å².